The molecule has 0 fully saturated rings. The summed E-state index contributed by atoms with van der Waals surface area (Å²) in [5.41, 5.74) is 33.1. The van der Waals surface area contributed by atoms with Crippen molar-refractivity contribution >= 4 is 174 Å². The number of aromatic nitrogens is 8. The number of hydrogen-bond acceptors (Lipinski definition) is 0. The largest absolute Gasteiger partial charge is 0.309 e. The zero-order valence-corrected chi connectivity index (χ0v) is 69.5. The molecule has 28 aromatic rings. The first kappa shape index (κ1) is 71.4. The van der Waals surface area contributed by atoms with Crippen LogP contribution >= 0.6 is 0 Å². The Balaban J connectivity index is 0.000000132. The predicted octanol–water partition coefficient (Wildman–Crippen LogP) is 31.5. The Kier molecular flexibility index (Phi) is 15.7. The first-order valence-corrected chi connectivity index (χ1v) is 44.1. The van der Waals surface area contributed by atoms with Crippen molar-refractivity contribution in [1.29, 1.82) is 0 Å². The molecule has 128 heavy (non-hydrogen) atoms. The predicted molar refractivity (Wildman–Crippen MR) is 538 cm³/mol. The molecule has 8 heteroatoms. The van der Waals surface area contributed by atoms with Gasteiger partial charge < -0.3 is 36.5 Å². The van der Waals surface area contributed by atoms with Crippen molar-refractivity contribution in [2.75, 3.05) is 0 Å². The standard InChI is InChI=1S/2C60H38N4/c1-7-29-51-43(21-1)44-22-2-8-30-52(44)61(51)39-17-13-19-41(37-39)63-55-33-11-5-25-49(55)59-47(27-15-35-57(59)63)48-28-16-36-58-60(48)50-26-6-12-34-56(50)64(58)42-20-14-18-40(38-42)62-53-31-9-3-23-45(53)46-24-4-10-32-54(46)62;1-7-23-51-43(15-1)44-16-2-8-24-52(44)61(51)39-31-35-41(36-32-39)63-55-27-11-5-19-49(55)59-47(21-13-29-57(59)63)48-22-14-30-58-60(48)50-20-6-12-28-56(50)64(58)42-37-33-40(34-38-42)62-53-25-9-3-17-45(53)46-18-4-10-26-54(46)62/h2*1-38H. The zero-order valence-electron chi connectivity index (χ0n) is 69.5. The van der Waals surface area contributed by atoms with Gasteiger partial charge in [-0.1, -0.05) is 279 Å². The van der Waals surface area contributed by atoms with E-state index >= 15 is 0 Å². The molecule has 0 saturated carbocycles. The van der Waals surface area contributed by atoms with Crippen LogP contribution < -0.4 is 0 Å². The lowest BCUT2D eigenvalue weighted by molar-refractivity contribution is 1.13. The summed E-state index contributed by atoms with van der Waals surface area (Å²) in [6, 6.07) is 169. The molecule has 0 radical (unpaired) electrons. The quantitative estimate of drug-likeness (QED) is 0.131. The smallest absolute Gasteiger partial charge is 0.0547 e. The van der Waals surface area contributed by atoms with Gasteiger partial charge in [0.25, 0.3) is 0 Å². The van der Waals surface area contributed by atoms with Crippen molar-refractivity contribution in [2.24, 2.45) is 0 Å². The molecule has 0 aliphatic rings. The molecule has 0 aliphatic heterocycles. The first-order chi connectivity index (χ1) is 63.6. The molecule has 20 aromatic carbocycles. The average molecular weight is 1630 g/mol. The fourth-order valence-corrected chi connectivity index (χ4v) is 21.9. The van der Waals surface area contributed by atoms with E-state index in [1.165, 1.54) is 197 Å². The number of hydrogen-bond donors (Lipinski definition) is 0. The maximum atomic E-state index is 2.45. The highest BCUT2D eigenvalue weighted by molar-refractivity contribution is 6.25. The number of fused-ring (bicyclic) bond motifs is 24. The van der Waals surface area contributed by atoms with Crippen LogP contribution in [-0.4, -0.2) is 36.5 Å². The van der Waals surface area contributed by atoms with Gasteiger partial charge in [-0.15, -0.1) is 0 Å². The molecule has 28 rings (SSSR count). The van der Waals surface area contributed by atoms with Gasteiger partial charge in [-0.2, -0.15) is 0 Å². The average Bonchev–Trinajstić information content (AvgIpc) is 1.56. The van der Waals surface area contributed by atoms with Gasteiger partial charge in [0.2, 0.25) is 0 Å². The second-order valence-corrected chi connectivity index (χ2v) is 33.8. The lowest BCUT2D eigenvalue weighted by Crippen LogP contribution is -1.98. The van der Waals surface area contributed by atoms with Gasteiger partial charge in [0.1, 0.15) is 0 Å². The highest BCUT2D eigenvalue weighted by Gasteiger charge is 2.27. The minimum absolute atomic E-state index is 1.13. The molecule has 0 bridgehead atoms. The molecule has 0 atom stereocenters. The summed E-state index contributed by atoms with van der Waals surface area (Å²) < 4.78 is 19.4. The first-order valence-electron chi connectivity index (χ1n) is 44.1. The second kappa shape index (κ2) is 28.2. The Morgan fingerprint density at radius 1 is 0.0938 bits per heavy atom. The second-order valence-electron chi connectivity index (χ2n) is 33.8. The fourth-order valence-electron chi connectivity index (χ4n) is 21.9. The molecule has 596 valence electrons. The van der Waals surface area contributed by atoms with E-state index in [-0.39, 0.29) is 0 Å². The molecule has 0 amide bonds. The van der Waals surface area contributed by atoms with Gasteiger partial charge in [-0.05, 0) is 204 Å². The zero-order chi connectivity index (χ0) is 83.8. The summed E-state index contributed by atoms with van der Waals surface area (Å²) in [5.74, 6) is 0. The molecule has 8 heterocycles. The van der Waals surface area contributed by atoms with Crippen LogP contribution in [0, 0.1) is 0 Å². The van der Waals surface area contributed by atoms with Gasteiger partial charge in [-0.25, -0.2) is 0 Å². The van der Waals surface area contributed by atoms with E-state index in [9.17, 15) is 0 Å². The van der Waals surface area contributed by atoms with E-state index in [2.05, 4.69) is 498 Å². The number of nitrogens with zero attached hydrogens (tertiary/aromatic N) is 8. The van der Waals surface area contributed by atoms with Crippen molar-refractivity contribution in [3.63, 3.8) is 0 Å². The van der Waals surface area contributed by atoms with Crippen molar-refractivity contribution in [1.82, 2.24) is 36.5 Å². The van der Waals surface area contributed by atoms with Crippen molar-refractivity contribution in [3.8, 4) is 67.8 Å². The lowest BCUT2D eigenvalue weighted by Gasteiger charge is -2.13. The van der Waals surface area contributed by atoms with Crippen LogP contribution in [0.4, 0.5) is 0 Å². The van der Waals surface area contributed by atoms with E-state index in [0.717, 1.165) is 45.5 Å². The van der Waals surface area contributed by atoms with Crippen LogP contribution in [0.15, 0.2) is 461 Å². The molecule has 8 nitrogen and oxygen atoms in total. The third-order valence-corrected chi connectivity index (χ3v) is 27.1. The van der Waals surface area contributed by atoms with Crippen molar-refractivity contribution in [3.05, 3.63) is 461 Å². The van der Waals surface area contributed by atoms with E-state index in [4.69, 9.17) is 0 Å². The monoisotopic (exact) mass is 1630 g/mol. The Morgan fingerprint density at radius 3 is 0.422 bits per heavy atom. The van der Waals surface area contributed by atoms with Crippen molar-refractivity contribution in [2.45, 2.75) is 0 Å². The third-order valence-electron chi connectivity index (χ3n) is 27.1. The molecular weight excluding hydrogens is 1550 g/mol. The van der Waals surface area contributed by atoms with Crippen molar-refractivity contribution < 1.29 is 0 Å². The third kappa shape index (κ3) is 10.5. The molecular formula is C120H76N8. The van der Waals surface area contributed by atoms with E-state index in [1.807, 2.05) is 0 Å². The lowest BCUT2D eigenvalue weighted by atomic mass is 9.95. The molecule has 0 spiro atoms. The Hall–Kier alpha value is -17.2. The Morgan fingerprint density at radius 2 is 0.227 bits per heavy atom. The van der Waals surface area contributed by atoms with Crippen LogP contribution in [0.3, 0.4) is 0 Å². The maximum Gasteiger partial charge on any atom is 0.0547 e. The summed E-state index contributed by atoms with van der Waals surface area (Å²) >= 11 is 0. The van der Waals surface area contributed by atoms with E-state index in [1.54, 1.807) is 0 Å². The summed E-state index contributed by atoms with van der Waals surface area (Å²) in [6.07, 6.45) is 0. The topological polar surface area (TPSA) is 39.4 Å². The van der Waals surface area contributed by atoms with Gasteiger partial charge in [0, 0.05) is 132 Å². The Labute approximate surface area is 734 Å². The van der Waals surface area contributed by atoms with Crippen LogP contribution in [0.1, 0.15) is 0 Å². The molecule has 0 aliphatic carbocycles. The minimum Gasteiger partial charge on any atom is -0.309 e. The van der Waals surface area contributed by atoms with Crippen LogP contribution in [0.5, 0.6) is 0 Å². The van der Waals surface area contributed by atoms with E-state index < -0.39 is 0 Å². The van der Waals surface area contributed by atoms with Gasteiger partial charge >= 0.3 is 0 Å². The normalized spacial score (nSPS) is 12.1. The SMILES string of the molecule is c1cc(-n2c3ccccc3c3ccccc32)cc(-n2c3ccccc3c3c(-c4cccc5c4c4ccccc4n5-c4cccc(-n5c6ccccc6c6ccccc65)c4)cccc32)c1.c1ccc2c(c1)c1ccccc1n2-c1ccc(-n2c3ccccc3c3c(-c4cccc5c4c4ccccc4n5-c4ccc(-n5c6ccccc6c6ccccc65)cc4)cccc32)cc1. The molecule has 0 unspecified atom stereocenters. The fraction of sp³-hybridized carbons (Fsp3) is 0. The van der Waals surface area contributed by atoms with Gasteiger partial charge in [0.15, 0.2) is 0 Å². The van der Waals surface area contributed by atoms with Crippen LogP contribution in [0.25, 0.3) is 242 Å². The minimum atomic E-state index is 1.13. The molecule has 0 N–H and O–H groups in total. The molecule has 0 saturated heterocycles. The summed E-state index contributed by atoms with van der Waals surface area (Å²) in [5, 5.41) is 20.1. The molecule has 8 aromatic heterocycles. The van der Waals surface area contributed by atoms with Crippen LogP contribution in [-0.2, 0) is 0 Å². The number of benzene rings is 20. The van der Waals surface area contributed by atoms with E-state index in [0.29, 0.717) is 0 Å². The number of para-hydroxylation sites is 12. The number of rotatable bonds is 10. The van der Waals surface area contributed by atoms with Gasteiger partial charge in [-0.3, -0.25) is 0 Å². The maximum absolute atomic E-state index is 2.45. The summed E-state index contributed by atoms with van der Waals surface area (Å²) in [6.45, 7) is 0. The summed E-state index contributed by atoms with van der Waals surface area (Å²) in [4.78, 5) is 0. The Bertz CT molecular complexity index is 8710. The summed E-state index contributed by atoms with van der Waals surface area (Å²) in [7, 11) is 0. The highest BCUT2D eigenvalue weighted by Crippen LogP contribution is 2.49. The highest BCUT2D eigenvalue weighted by atomic mass is 15.0. The van der Waals surface area contributed by atoms with Crippen LogP contribution in [0.2, 0.25) is 0 Å². The van der Waals surface area contributed by atoms with Gasteiger partial charge in [0.05, 0.1) is 88.3 Å².